The number of aromatic nitrogens is 2. The quantitative estimate of drug-likeness (QED) is 0.233. The highest BCUT2D eigenvalue weighted by molar-refractivity contribution is 6.30. The average Bonchev–Trinajstić information content (AvgIpc) is 3.29. The van der Waals surface area contributed by atoms with Gasteiger partial charge in [0.05, 0.1) is 23.8 Å². The van der Waals surface area contributed by atoms with Gasteiger partial charge >= 0.3 is 0 Å². The number of benzene rings is 3. The molecule has 0 N–H and O–H groups in total. The third kappa shape index (κ3) is 4.30. The van der Waals surface area contributed by atoms with E-state index in [9.17, 15) is 5.26 Å². The standard InChI is InChI=1S/C28H21ClN4O2/c1-2-34-18-31-27-23(17-30)24(19-13-15-21(29)16-14-19)25-26(20-9-5-3-6-10-20)32-33(28(25)35-27)22-11-7-4-8-12-22/h3-16,18,24H,2H2,1H3/b31-18+. The van der Waals surface area contributed by atoms with Crippen LogP contribution in [-0.2, 0) is 4.74 Å². The first-order chi connectivity index (χ1) is 17.2. The fourth-order valence-corrected chi connectivity index (χ4v) is 4.22. The van der Waals surface area contributed by atoms with Gasteiger partial charge in [-0.05, 0) is 36.8 Å². The smallest absolute Gasteiger partial charge is 0.238 e. The van der Waals surface area contributed by atoms with Gasteiger partial charge in [-0.1, -0.05) is 72.3 Å². The van der Waals surface area contributed by atoms with Crippen LogP contribution in [0.1, 0.15) is 24.0 Å². The number of hydrogen-bond acceptors (Lipinski definition) is 5. The zero-order chi connectivity index (χ0) is 24.2. The molecular formula is C28H21ClN4O2. The lowest BCUT2D eigenvalue weighted by molar-refractivity contribution is 0.331. The Morgan fingerprint density at radius 1 is 1.06 bits per heavy atom. The van der Waals surface area contributed by atoms with Gasteiger partial charge in [0.15, 0.2) is 6.40 Å². The lowest BCUT2D eigenvalue weighted by Gasteiger charge is -2.25. The van der Waals surface area contributed by atoms with Crippen molar-refractivity contribution < 1.29 is 9.47 Å². The maximum absolute atomic E-state index is 10.3. The second kappa shape index (κ2) is 9.88. The molecule has 1 unspecified atom stereocenters. The van der Waals surface area contributed by atoms with Crippen LogP contribution in [0.5, 0.6) is 5.88 Å². The van der Waals surface area contributed by atoms with Crippen molar-refractivity contribution in [1.29, 1.82) is 5.26 Å². The van der Waals surface area contributed by atoms with Crippen molar-refractivity contribution in [1.82, 2.24) is 9.78 Å². The predicted molar refractivity (Wildman–Crippen MR) is 136 cm³/mol. The van der Waals surface area contributed by atoms with Gasteiger partial charge in [0, 0.05) is 10.6 Å². The second-order valence-corrected chi connectivity index (χ2v) is 8.22. The molecule has 6 nitrogen and oxygen atoms in total. The van der Waals surface area contributed by atoms with E-state index in [1.165, 1.54) is 6.40 Å². The van der Waals surface area contributed by atoms with Crippen LogP contribution in [0.2, 0.25) is 5.02 Å². The summed E-state index contributed by atoms with van der Waals surface area (Å²) in [6, 6.07) is 29.4. The third-order valence-electron chi connectivity index (χ3n) is 5.66. The van der Waals surface area contributed by atoms with Crippen LogP contribution < -0.4 is 4.74 Å². The van der Waals surface area contributed by atoms with E-state index >= 15 is 0 Å². The van der Waals surface area contributed by atoms with E-state index in [4.69, 9.17) is 26.2 Å². The van der Waals surface area contributed by atoms with Gasteiger partial charge in [-0.2, -0.15) is 20.0 Å². The first kappa shape index (κ1) is 22.5. The van der Waals surface area contributed by atoms with Crippen molar-refractivity contribution in [3.63, 3.8) is 0 Å². The summed E-state index contributed by atoms with van der Waals surface area (Å²) in [7, 11) is 0. The molecule has 1 aliphatic rings. The second-order valence-electron chi connectivity index (χ2n) is 7.79. The fraction of sp³-hybridized carbons (Fsp3) is 0.107. The first-order valence-electron chi connectivity index (χ1n) is 11.2. The summed E-state index contributed by atoms with van der Waals surface area (Å²) < 4.78 is 13.4. The van der Waals surface area contributed by atoms with Crippen LogP contribution in [0.4, 0.5) is 0 Å². The van der Waals surface area contributed by atoms with Crippen LogP contribution in [0, 0.1) is 11.3 Å². The number of hydrogen-bond donors (Lipinski definition) is 0. The van der Waals surface area contributed by atoms with Crippen LogP contribution in [0.25, 0.3) is 16.9 Å². The summed E-state index contributed by atoms with van der Waals surface area (Å²) in [6.07, 6.45) is 1.30. The van der Waals surface area contributed by atoms with E-state index in [-0.39, 0.29) is 5.88 Å². The first-order valence-corrected chi connectivity index (χ1v) is 11.5. The number of halogens is 1. The molecule has 2 heterocycles. The molecule has 1 aromatic heterocycles. The molecule has 35 heavy (non-hydrogen) atoms. The molecule has 0 aliphatic carbocycles. The van der Waals surface area contributed by atoms with E-state index in [2.05, 4.69) is 11.1 Å². The molecule has 3 aromatic carbocycles. The van der Waals surface area contributed by atoms with Crippen molar-refractivity contribution in [3.8, 4) is 28.9 Å². The Hall–Kier alpha value is -4.34. The summed E-state index contributed by atoms with van der Waals surface area (Å²) in [5.74, 6) is 0.199. The average molecular weight is 481 g/mol. The topological polar surface area (TPSA) is 72.4 Å². The fourth-order valence-electron chi connectivity index (χ4n) is 4.10. The Morgan fingerprint density at radius 2 is 1.74 bits per heavy atom. The van der Waals surface area contributed by atoms with Gasteiger partial charge in [0.2, 0.25) is 11.8 Å². The normalized spacial score (nSPS) is 14.9. The predicted octanol–water partition coefficient (Wildman–Crippen LogP) is 6.52. The van der Waals surface area contributed by atoms with Crippen molar-refractivity contribution in [2.45, 2.75) is 12.8 Å². The molecule has 1 aliphatic heterocycles. The summed E-state index contributed by atoms with van der Waals surface area (Å²) in [5.41, 5.74) is 4.50. The number of allylic oxidation sites excluding steroid dienone is 1. The molecule has 0 saturated heterocycles. The summed E-state index contributed by atoms with van der Waals surface area (Å²) in [5, 5.41) is 15.8. The number of nitriles is 1. The molecule has 4 aromatic rings. The Labute approximate surface area is 208 Å². The Bertz CT molecular complexity index is 1440. The van der Waals surface area contributed by atoms with Crippen LogP contribution in [-0.4, -0.2) is 22.8 Å². The van der Waals surface area contributed by atoms with E-state index in [0.717, 1.165) is 28.1 Å². The highest BCUT2D eigenvalue weighted by atomic mass is 35.5. The van der Waals surface area contributed by atoms with E-state index in [1.54, 1.807) is 4.68 Å². The Kier molecular flexibility index (Phi) is 6.34. The molecule has 172 valence electrons. The van der Waals surface area contributed by atoms with Crippen LogP contribution >= 0.6 is 11.6 Å². The van der Waals surface area contributed by atoms with Crippen molar-refractivity contribution in [3.05, 3.63) is 113 Å². The third-order valence-corrected chi connectivity index (χ3v) is 5.91. The molecule has 1 atom stereocenters. The van der Waals surface area contributed by atoms with E-state index in [1.807, 2.05) is 91.9 Å². The van der Waals surface area contributed by atoms with Crippen LogP contribution in [0.15, 0.2) is 101 Å². The minimum atomic E-state index is -0.470. The summed E-state index contributed by atoms with van der Waals surface area (Å²) in [6.45, 7) is 2.31. The number of para-hydroxylation sites is 1. The SMILES string of the molecule is CCO/C=N/C1=C(C#N)C(c2ccc(Cl)cc2)c2c(-c3ccccc3)nn(-c3ccccc3)c2O1. The Morgan fingerprint density at radius 3 is 2.40 bits per heavy atom. The molecule has 7 heteroatoms. The summed E-state index contributed by atoms with van der Waals surface area (Å²) >= 11 is 6.19. The summed E-state index contributed by atoms with van der Waals surface area (Å²) in [4.78, 5) is 4.35. The van der Waals surface area contributed by atoms with E-state index < -0.39 is 5.92 Å². The van der Waals surface area contributed by atoms with Crippen molar-refractivity contribution in [2.75, 3.05) is 6.61 Å². The van der Waals surface area contributed by atoms with Crippen molar-refractivity contribution >= 4 is 18.0 Å². The van der Waals surface area contributed by atoms with Gasteiger partial charge in [-0.3, -0.25) is 0 Å². The lowest BCUT2D eigenvalue weighted by Crippen LogP contribution is -2.17. The zero-order valence-corrected chi connectivity index (χ0v) is 19.7. The molecular weight excluding hydrogens is 460 g/mol. The maximum Gasteiger partial charge on any atom is 0.238 e. The zero-order valence-electron chi connectivity index (χ0n) is 18.9. The number of ether oxygens (including phenoxy) is 2. The number of nitrogens with zero attached hydrogens (tertiary/aromatic N) is 4. The molecule has 0 fully saturated rings. The van der Waals surface area contributed by atoms with Crippen molar-refractivity contribution in [2.24, 2.45) is 4.99 Å². The largest absolute Gasteiger partial charge is 0.483 e. The molecule has 0 amide bonds. The lowest BCUT2D eigenvalue weighted by atomic mass is 9.83. The van der Waals surface area contributed by atoms with Gasteiger partial charge < -0.3 is 9.47 Å². The monoisotopic (exact) mass is 480 g/mol. The van der Waals surface area contributed by atoms with E-state index in [0.29, 0.717) is 23.1 Å². The molecule has 5 rings (SSSR count). The van der Waals surface area contributed by atoms with Gasteiger partial charge in [0.25, 0.3) is 0 Å². The number of aliphatic imine (C=N–C) groups is 1. The van der Waals surface area contributed by atoms with Gasteiger partial charge in [0.1, 0.15) is 17.3 Å². The number of fused-ring (bicyclic) bond motifs is 1. The molecule has 0 saturated carbocycles. The van der Waals surface area contributed by atoms with Crippen LogP contribution in [0.3, 0.4) is 0 Å². The minimum absolute atomic E-state index is 0.171. The molecule has 0 radical (unpaired) electrons. The maximum atomic E-state index is 10.3. The molecule has 0 bridgehead atoms. The van der Waals surface area contributed by atoms with Gasteiger partial charge in [-0.25, -0.2) is 0 Å². The number of rotatable bonds is 6. The molecule has 0 spiro atoms. The van der Waals surface area contributed by atoms with Gasteiger partial charge in [-0.15, -0.1) is 0 Å². The Balaban J connectivity index is 1.81. The highest BCUT2D eigenvalue weighted by Crippen LogP contribution is 2.48. The highest BCUT2D eigenvalue weighted by Gasteiger charge is 2.38. The minimum Gasteiger partial charge on any atom is -0.483 e.